The van der Waals surface area contributed by atoms with Crippen molar-refractivity contribution < 1.29 is 14.3 Å². The zero-order valence-corrected chi connectivity index (χ0v) is 13.3. The van der Waals surface area contributed by atoms with Gasteiger partial charge in [0, 0.05) is 12.5 Å². The molecule has 1 amide bonds. The van der Waals surface area contributed by atoms with Crippen molar-refractivity contribution >= 4 is 11.9 Å². The summed E-state index contributed by atoms with van der Waals surface area (Å²) >= 11 is 0. The van der Waals surface area contributed by atoms with Gasteiger partial charge in [-0.1, -0.05) is 26.2 Å². The number of ether oxygens (including phenoxy) is 1. The lowest BCUT2D eigenvalue weighted by atomic mass is 9.83. The maximum absolute atomic E-state index is 11.9. The molecule has 1 rings (SSSR count). The molecule has 116 valence electrons. The van der Waals surface area contributed by atoms with E-state index in [1.54, 1.807) is 0 Å². The fourth-order valence-corrected chi connectivity index (χ4v) is 2.77. The molecule has 1 N–H and O–H groups in total. The summed E-state index contributed by atoms with van der Waals surface area (Å²) in [5, 5.41) is 3.09. The van der Waals surface area contributed by atoms with E-state index in [-0.39, 0.29) is 24.7 Å². The molecule has 0 saturated heterocycles. The minimum absolute atomic E-state index is 0.0267. The summed E-state index contributed by atoms with van der Waals surface area (Å²) in [6.07, 6.45) is 6.21. The van der Waals surface area contributed by atoms with Crippen molar-refractivity contribution in [2.24, 2.45) is 5.92 Å². The van der Waals surface area contributed by atoms with Gasteiger partial charge in [-0.15, -0.1) is 0 Å². The molecule has 0 aliphatic heterocycles. The van der Waals surface area contributed by atoms with Crippen LogP contribution in [0.15, 0.2) is 0 Å². The average molecular weight is 283 g/mol. The summed E-state index contributed by atoms with van der Waals surface area (Å²) in [5.41, 5.74) is -0.482. The van der Waals surface area contributed by atoms with E-state index in [0.717, 1.165) is 12.8 Å². The van der Waals surface area contributed by atoms with Gasteiger partial charge in [-0.25, -0.2) is 0 Å². The second kappa shape index (κ2) is 7.65. The third-order valence-corrected chi connectivity index (χ3v) is 3.76. The minimum Gasteiger partial charge on any atom is -0.460 e. The molecule has 2 unspecified atom stereocenters. The van der Waals surface area contributed by atoms with Crippen molar-refractivity contribution in [1.82, 2.24) is 5.32 Å². The van der Waals surface area contributed by atoms with Crippen LogP contribution in [0.3, 0.4) is 0 Å². The largest absolute Gasteiger partial charge is 0.460 e. The highest BCUT2D eigenvalue weighted by molar-refractivity contribution is 5.81. The Morgan fingerprint density at radius 3 is 2.40 bits per heavy atom. The third kappa shape index (κ3) is 6.40. The van der Waals surface area contributed by atoms with Crippen LogP contribution in [0.4, 0.5) is 0 Å². The van der Waals surface area contributed by atoms with Gasteiger partial charge in [0.1, 0.15) is 5.60 Å². The van der Waals surface area contributed by atoms with Crippen molar-refractivity contribution in [2.45, 2.75) is 84.3 Å². The molecule has 0 aromatic carbocycles. The topological polar surface area (TPSA) is 55.4 Å². The molecule has 0 aromatic heterocycles. The normalized spacial score (nSPS) is 23.2. The zero-order chi connectivity index (χ0) is 15.2. The Kier molecular flexibility index (Phi) is 6.50. The predicted molar refractivity (Wildman–Crippen MR) is 79.3 cm³/mol. The van der Waals surface area contributed by atoms with Crippen LogP contribution in [-0.2, 0) is 14.3 Å². The van der Waals surface area contributed by atoms with Crippen LogP contribution in [0.2, 0.25) is 0 Å². The number of esters is 1. The molecular weight excluding hydrogens is 254 g/mol. The highest BCUT2D eigenvalue weighted by atomic mass is 16.6. The highest BCUT2D eigenvalue weighted by Gasteiger charge is 2.25. The highest BCUT2D eigenvalue weighted by Crippen LogP contribution is 2.26. The Labute approximate surface area is 122 Å². The maximum Gasteiger partial charge on any atom is 0.306 e. The molecular formula is C16H29NO3. The lowest BCUT2D eigenvalue weighted by molar-refractivity contribution is -0.155. The van der Waals surface area contributed by atoms with Crippen molar-refractivity contribution in [1.29, 1.82) is 0 Å². The maximum atomic E-state index is 11.9. The fourth-order valence-electron chi connectivity index (χ4n) is 2.77. The molecule has 0 heterocycles. The van der Waals surface area contributed by atoms with E-state index in [0.29, 0.717) is 12.0 Å². The van der Waals surface area contributed by atoms with E-state index in [9.17, 15) is 9.59 Å². The van der Waals surface area contributed by atoms with Gasteiger partial charge in [0.05, 0.1) is 6.42 Å². The number of hydrogen-bond acceptors (Lipinski definition) is 3. The van der Waals surface area contributed by atoms with Crippen molar-refractivity contribution in [3.05, 3.63) is 0 Å². The summed E-state index contributed by atoms with van der Waals surface area (Å²) in [5.74, 6) is 0.263. The van der Waals surface area contributed by atoms with E-state index in [1.807, 2.05) is 20.8 Å². The van der Waals surface area contributed by atoms with Crippen LogP contribution in [-0.4, -0.2) is 23.5 Å². The Bertz CT molecular complexity index is 333. The van der Waals surface area contributed by atoms with Crippen LogP contribution >= 0.6 is 0 Å². The lowest BCUT2D eigenvalue weighted by Crippen LogP contribution is -2.42. The number of amides is 1. The minimum atomic E-state index is -0.482. The monoisotopic (exact) mass is 283 g/mol. The lowest BCUT2D eigenvalue weighted by Gasteiger charge is -2.31. The van der Waals surface area contributed by atoms with E-state index in [2.05, 4.69) is 12.2 Å². The number of carbonyl (C=O) groups excluding carboxylic acids is 2. The van der Waals surface area contributed by atoms with Crippen molar-refractivity contribution in [3.8, 4) is 0 Å². The number of rotatable bonds is 5. The Balaban J connectivity index is 2.30. The average Bonchev–Trinajstić information content (AvgIpc) is 2.35. The molecule has 0 bridgehead atoms. The summed E-state index contributed by atoms with van der Waals surface area (Å²) in [7, 11) is 0. The number of hydrogen-bond donors (Lipinski definition) is 1. The number of nitrogens with one attached hydrogen (secondary N) is 1. The third-order valence-electron chi connectivity index (χ3n) is 3.76. The van der Waals surface area contributed by atoms with E-state index < -0.39 is 5.60 Å². The first-order valence-corrected chi connectivity index (χ1v) is 7.83. The number of carbonyl (C=O) groups is 2. The van der Waals surface area contributed by atoms with Gasteiger partial charge < -0.3 is 10.1 Å². The van der Waals surface area contributed by atoms with Crippen LogP contribution in [0.25, 0.3) is 0 Å². The molecule has 2 atom stereocenters. The first-order valence-electron chi connectivity index (χ1n) is 7.83. The SMILES string of the molecule is CCC1CCCCC1NC(=O)CCC(=O)OC(C)(C)C. The smallest absolute Gasteiger partial charge is 0.306 e. The molecule has 0 radical (unpaired) electrons. The molecule has 4 heteroatoms. The van der Waals surface area contributed by atoms with Crippen molar-refractivity contribution in [2.75, 3.05) is 0 Å². The Hall–Kier alpha value is -1.06. The van der Waals surface area contributed by atoms with E-state index >= 15 is 0 Å². The Morgan fingerprint density at radius 1 is 1.15 bits per heavy atom. The first-order chi connectivity index (χ1) is 9.31. The second-order valence-corrected chi connectivity index (χ2v) is 6.71. The standard InChI is InChI=1S/C16H29NO3/c1-5-12-8-6-7-9-13(12)17-14(18)10-11-15(19)20-16(2,3)4/h12-13H,5-11H2,1-4H3,(H,17,18). The van der Waals surface area contributed by atoms with E-state index in [1.165, 1.54) is 19.3 Å². The van der Waals surface area contributed by atoms with Gasteiger partial charge in [0.25, 0.3) is 0 Å². The van der Waals surface area contributed by atoms with Crippen LogP contribution < -0.4 is 5.32 Å². The van der Waals surface area contributed by atoms with Gasteiger partial charge in [0.2, 0.25) is 5.91 Å². The predicted octanol–water partition coefficient (Wildman–Crippen LogP) is 3.19. The molecule has 0 aromatic rings. The van der Waals surface area contributed by atoms with Gasteiger partial charge >= 0.3 is 5.97 Å². The zero-order valence-electron chi connectivity index (χ0n) is 13.3. The fraction of sp³-hybridized carbons (Fsp3) is 0.875. The van der Waals surface area contributed by atoms with Gasteiger partial charge in [-0.3, -0.25) is 9.59 Å². The molecule has 1 saturated carbocycles. The van der Waals surface area contributed by atoms with Crippen LogP contribution in [0.5, 0.6) is 0 Å². The van der Waals surface area contributed by atoms with E-state index in [4.69, 9.17) is 4.74 Å². The second-order valence-electron chi connectivity index (χ2n) is 6.71. The summed E-state index contributed by atoms with van der Waals surface area (Å²) < 4.78 is 5.20. The summed E-state index contributed by atoms with van der Waals surface area (Å²) in [6.45, 7) is 7.67. The van der Waals surface area contributed by atoms with Crippen LogP contribution in [0.1, 0.15) is 72.6 Å². The molecule has 20 heavy (non-hydrogen) atoms. The summed E-state index contributed by atoms with van der Waals surface area (Å²) in [4.78, 5) is 23.5. The Morgan fingerprint density at radius 2 is 1.80 bits per heavy atom. The van der Waals surface area contributed by atoms with Gasteiger partial charge in [-0.2, -0.15) is 0 Å². The van der Waals surface area contributed by atoms with Gasteiger partial charge in [0.15, 0.2) is 0 Å². The van der Waals surface area contributed by atoms with Crippen LogP contribution in [0, 0.1) is 5.92 Å². The molecule has 1 fully saturated rings. The van der Waals surface area contributed by atoms with Gasteiger partial charge in [-0.05, 0) is 39.5 Å². The van der Waals surface area contributed by atoms with Crippen molar-refractivity contribution in [3.63, 3.8) is 0 Å². The quantitative estimate of drug-likeness (QED) is 0.788. The summed E-state index contributed by atoms with van der Waals surface area (Å²) in [6, 6.07) is 0.292. The molecule has 1 aliphatic rings. The first kappa shape index (κ1) is 17.0. The molecule has 1 aliphatic carbocycles. The molecule has 0 spiro atoms. The molecule has 4 nitrogen and oxygen atoms in total.